The lowest BCUT2D eigenvalue weighted by Crippen LogP contribution is -2.48. The highest BCUT2D eigenvalue weighted by Crippen LogP contribution is 2.37. The van der Waals surface area contributed by atoms with Gasteiger partial charge in [0, 0.05) is 10.4 Å². The van der Waals surface area contributed by atoms with Crippen molar-refractivity contribution in [3.63, 3.8) is 0 Å². The second kappa shape index (κ2) is 5.25. The molecule has 0 aromatic heterocycles. The van der Waals surface area contributed by atoms with Crippen molar-refractivity contribution < 1.29 is 14.7 Å². The Kier molecular flexibility index (Phi) is 3.85. The van der Waals surface area contributed by atoms with E-state index >= 15 is 0 Å². The van der Waals surface area contributed by atoms with Gasteiger partial charge in [0.05, 0.1) is 11.7 Å². The molecule has 1 aromatic rings. The molecule has 1 atom stereocenters. The number of rotatable bonds is 4. The average Bonchev–Trinajstić information content (AvgIpc) is 2.69. The first-order valence-electron chi connectivity index (χ1n) is 6.16. The van der Waals surface area contributed by atoms with Crippen LogP contribution in [0.25, 0.3) is 0 Å². The van der Waals surface area contributed by atoms with Gasteiger partial charge in [-0.1, -0.05) is 18.2 Å². The molecule has 1 heterocycles. The minimum Gasteiger partial charge on any atom is -0.481 e. The highest BCUT2D eigenvalue weighted by molar-refractivity contribution is 8.01. The van der Waals surface area contributed by atoms with Crippen molar-refractivity contribution in [3.8, 4) is 0 Å². The number of thioether (sulfide) groups is 1. The van der Waals surface area contributed by atoms with E-state index in [2.05, 4.69) is 5.32 Å². The van der Waals surface area contributed by atoms with Crippen molar-refractivity contribution in [1.82, 2.24) is 5.32 Å². The van der Waals surface area contributed by atoms with Gasteiger partial charge in [-0.15, -0.1) is 11.8 Å². The lowest BCUT2D eigenvalue weighted by molar-refractivity contribution is -0.138. The summed E-state index contributed by atoms with van der Waals surface area (Å²) >= 11 is 1.54. The van der Waals surface area contributed by atoms with Crippen LogP contribution in [0.3, 0.4) is 0 Å². The van der Waals surface area contributed by atoms with Crippen LogP contribution in [0.4, 0.5) is 0 Å². The van der Waals surface area contributed by atoms with Crippen molar-refractivity contribution in [3.05, 3.63) is 29.8 Å². The van der Waals surface area contributed by atoms with Gasteiger partial charge in [0.15, 0.2) is 0 Å². The van der Waals surface area contributed by atoms with Crippen LogP contribution in [-0.2, 0) is 16.0 Å². The molecule has 1 aliphatic heterocycles. The topological polar surface area (TPSA) is 66.4 Å². The Morgan fingerprint density at radius 3 is 2.74 bits per heavy atom. The fourth-order valence-corrected chi connectivity index (χ4v) is 3.36. The molecule has 19 heavy (non-hydrogen) atoms. The Hall–Kier alpha value is -1.49. The van der Waals surface area contributed by atoms with Crippen molar-refractivity contribution >= 4 is 23.6 Å². The van der Waals surface area contributed by atoms with E-state index in [4.69, 9.17) is 5.11 Å². The molecule has 1 amide bonds. The Balaban J connectivity index is 1.98. The number of nitrogens with one attached hydrogen (secondary N) is 1. The van der Waals surface area contributed by atoms with Gasteiger partial charge in [-0.3, -0.25) is 9.59 Å². The molecule has 4 nitrogen and oxygen atoms in total. The van der Waals surface area contributed by atoms with Gasteiger partial charge < -0.3 is 10.4 Å². The van der Waals surface area contributed by atoms with Crippen LogP contribution >= 0.6 is 11.8 Å². The monoisotopic (exact) mass is 279 g/mol. The SMILES string of the molecule is CC(C)(CC(=O)O)NC(=O)C1Cc2ccccc2S1. The molecule has 0 spiro atoms. The van der Waals surface area contributed by atoms with E-state index in [0.717, 1.165) is 4.90 Å². The number of hydrogen-bond acceptors (Lipinski definition) is 3. The van der Waals surface area contributed by atoms with E-state index in [1.807, 2.05) is 24.3 Å². The summed E-state index contributed by atoms with van der Waals surface area (Å²) in [6.07, 6.45) is 0.624. The van der Waals surface area contributed by atoms with Gasteiger partial charge in [-0.25, -0.2) is 0 Å². The van der Waals surface area contributed by atoms with E-state index < -0.39 is 11.5 Å². The third-order valence-corrected chi connectivity index (χ3v) is 4.31. The molecule has 0 radical (unpaired) electrons. The van der Waals surface area contributed by atoms with E-state index in [-0.39, 0.29) is 17.6 Å². The molecule has 0 saturated carbocycles. The van der Waals surface area contributed by atoms with Crippen molar-refractivity contribution in [2.75, 3.05) is 0 Å². The maximum atomic E-state index is 12.2. The quantitative estimate of drug-likeness (QED) is 0.885. The summed E-state index contributed by atoms with van der Waals surface area (Å²) in [6, 6.07) is 7.96. The average molecular weight is 279 g/mol. The number of carbonyl (C=O) groups is 2. The van der Waals surface area contributed by atoms with Gasteiger partial charge >= 0.3 is 5.97 Å². The summed E-state index contributed by atoms with van der Waals surface area (Å²) in [5.41, 5.74) is 0.460. The zero-order chi connectivity index (χ0) is 14.0. The summed E-state index contributed by atoms with van der Waals surface area (Å²) in [5.74, 6) is -1.000. The van der Waals surface area contributed by atoms with Gasteiger partial charge in [-0.05, 0) is 31.9 Å². The molecule has 102 valence electrons. The summed E-state index contributed by atoms with van der Waals surface area (Å²) in [4.78, 5) is 24.1. The normalized spacial score (nSPS) is 17.9. The number of fused-ring (bicyclic) bond motifs is 1. The molecule has 0 saturated heterocycles. The molecule has 0 bridgehead atoms. The van der Waals surface area contributed by atoms with Crippen molar-refractivity contribution in [1.29, 1.82) is 0 Å². The Labute approximate surface area is 116 Å². The number of benzene rings is 1. The van der Waals surface area contributed by atoms with E-state index in [1.165, 1.54) is 5.56 Å². The van der Waals surface area contributed by atoms with E-state index in [9.17, 15) is 9.59 Å². The van der Waals surface area contributed by atoms with Crippen molar-refractivity contribution in [2.45, 2.75) is 42.4 Å². The van der Waals surface area contributed by atoms with Gasteiger partial charge in [0.1, 0.15) is 0 Å². The van der Waals surface area contributed by atoms with E-state index in [0.29, 0.717) is 6.42 Å². The number of carbonyl (C=O) groups excluding carboxylic acids is 1. The molecule has 1 aliphatic rings. The van der Waals surface area contributed by atoms with Gasteiger partial charge in [0.2, 0.25) is 5.91 Å². The van der Waals surface area contributed by atoms with Crippen LogP contribution in [0.2, 0.25) is 0 Å². The van der Waals surface area contributed by atoms with Crippen LogP contribution in [0.5, 0.6) is 0 Å². The molecule has 2 N–H and O–H groups in total. The first-order valence-corrected chi connectivity index (χ1v) is 7.04. The number of carboxylic acids is 1. The van der Waals surface area contributed by atoms with Gasteiger partial charge in [-0.2, -0.15) is 0 Å². The lowest BCUT2D eigenvalue weighted by atomic mass is 10.00. The number of carboxylic acid groups (broad SMARTS) is 1. The smallest absolute Gasteiger partial charge is 0.305 e. The fraction of sp³-hybridized carbons (Fsp3) is 0.429. The maximum Gasteiger partial charge on any atom is 0.305 e. The number of hydrogen-bond donors (Lipinski definition) is 2. The minimum absolute atomic E-state index is 0.0803. The van der Waals surface area contributed by atoms with Crippen LogP contribution in [-0.4, -0.2) is 27.8 Å². The predicted octanol–water partition coefficient (Wildman–Crippen LogP) is 2.07. The minimum atomic E-state index is -0.910. The predicted molar refractivity (Wildman–Crippen MR) is 74.3 cm³/mol. The largest absolute Gasteiger partial charge is 0.481 e. The second-order valence-corrected chi connectivity index (χ2v) is 6.61. The zero-order valence-corrected chi connectivity index (χ0v) is 11.8. The van der Waals surface area contributed by atoms with E-state index in [1.54, 1.807) is 25.6 Å². The Bertz CT molecular complexity index is 488. The number of amides is 1. The highest BCUT2D eigenvalue weighted by Gasteiger charge is 2.32. The summed E-state index contributed by atoms with van der Waals surface area (Å²) in [5, 5.41) is 11.5. The molecule has 0 aliphatic carbocycles. The first-order chi connectivity index (χ1) is 8.87. The summed E-state index contributed by atoms with van der Waals surface area (Å²) in [7, 11) is 0. The molecule has 2 rings (SSSR count). The second-order valence-electron chi connectivity index (χ2n) is 5.36. The fourth-order valence-electron chi connectivity index (χ4n) is 2.16. The standard InChI is InChI=1S/C14H17NO3S/c1-14(2,8-12(16)17)15-13(18)11-7-9-5-3-4-6-10(9)19-11/h3-6,11H,7-8H2,1-2H3,(H,15,18)(H,16,17). The third-order valence-electron chi connectivity index (χ3n) is 2.99. The molecule has 1 unspecified atom stereocenters. The molecular weight excluding hydrogens is 262 g/mol. The Morgan fingerprint density at radius 1 is 1.42 bits per heavy atom. The first kappa shape index (κ1) is 13.9. The summed E-state index contributed by atoms with van der Waals surface area (Å²) < 4.78 is 0. The Morgan fingerprint density at radius 2 is 2.11 bits per heavy atom. The third kappa shape index (κ3) is 3.50. The lowest BCUT2D eigenvalue weighted by Gasteiger charge is -2.25. The molecular formula is C14H17NO3S. The number of aliphatic carboxylic acids is 1. The maximum absolute atomic E-state index is 12.2. The zero-order valence-electron chi connectivity index (χ0n) is 11.0. The van der Waals surface area contributed by atoms with Crippen LogP contribution < -0.4 is 5.32 Å². The van der Waals surface area contributed by atoms with Crippen molar-refractivity contribution in [2.24, 2.45) is 0 Å². The summed E-state index contributed by atoms with van der Waals surface area (Å²) in [6.45, 7) is 3.46. The van der Waals surface area contributed by atoms with Gasteiger partial charge in [0.25, 0.3) is 0 Å². The molecule has 0 fully saturated rings. The van der Waals surface area contributed by atoms with Crippen LogP contribution in [0, 0.1) is 0 Å². The highest BCUT2D eigenvalue weighted by atomic mass is 32.2. The van der Waals surface area contributed by atoms with Crippen LogP contribution in [0.1, 0.15) is 25.8 Å². The molecule has 1 aromatic carbocycles. The van der Waals surface area contributed by atoms with Crippen LogP contribution in [0.15, 0.2) is 29.2 Å². The molecule has 5 heteroatoms.